The number of pyridine rings is 1. The zero-order chi connectivity index (χ0) is 28.9. The van der Waals surface area contributed by atoms with Crippen LogP contribution < -0.4 is 21.7 Å². The molecule has 0 spiro atoms. The number of anilines is 2. The molecule has 1 atom stereocenters. The lowest BCUT2D eigenvalue weighted by atomic mass is 9.98. The molecule has 0 bridgehead atoms. The van der Waals surface area contributed by atoms with E-state index in [4.69, 9.17) is 11.5 Å². The molecule has 2 aromatic heterocycles. The van der Waals surface area contributed by atoms with Crippen molar-refractivity contribution in [3.8, 4) is 0 Å². The Morgan fingerprint density at radius 1 is 0.976 bits per heavy atom. The first-order chi connectivity index (χ1) is 19.9. The van der Waals surface area contributed by atoms with E-state index in [1.807, 2.05) is 79.7 Å². The Balaban J connectivity index is 1.68. The SMILES string of the molecule is CCc1ccccc1N(C(=O)c1snc(C(N)=O)c1N)C(C(=O)NCc1ccccc1)c1ccc2ncccc2c1. The van der Waals surface area contributed by atoms with Gasteiger partial charge in [-0.1, -0.05) is 67.6 Å². The number of para-hydroxylation sites is 1. The van der Waals surface area contributed by atoms with E-state index in [-0.39, 0.29) is 22.8 Å². The molecule has 9 nitrogen and oxygen atoms in total. The Morgan fingerprint density at radius 2 is 1.73 bits per heavy atom. The quantitative estimate of drug-likeness (QED) is 0.238. The molecule has 0 aliphatic carbocycles. The van der Waals surface area contributed by atoms with Gasteiger partial charge in [-0.3, -0.25) is 24.3 Å². The third-order valence-corrected chi connectivity index (χ3v) is 7.62. The Labute approximate surface area is 241 Å². The Hall–Kier alpha value is -5.09. The molecule has 206 valence electrons. The van der Waals surface area contributed by atoms with Gasteiger partial charge < -0.3 is 16.8 Å². The number of hydrogen-bond donors (Lipinski definition) is 3. The van der Waals surface area contributed by atoms with Gasteiger partial charge in [0.05, 0.1) is 11.2 Å². The number of primary amides is 1. The Morgan fingerprint density at radius 3 is 2.46 bits per heavy atom. The molecule has 3 aromatic carbocycles. The number of carbonyl (C=O) groups is 3. The number of aromatic nitrogens is 2. The van der Waals surface area contributed by atoms with Gasteiger partial charge in [0, 0.05) is 23.8 Å². The van der Waals surface area contributed by atoms with Gasteiger partial charge >= 0.3 is 0 Å². The van der Waals surface area contributed by atoms with Crippen LogP contribution in [0.3, 0.4) is 0 Å². The van der Waals surface area contributed by atoms with Crippen LogP contribution in [0.4, 0.5) is 11.4 Å². The Bertz CT molecular complexity index is 1740. The minimum Gasteiger partial charge on any atom is -0.395 e. The van der Waals surface area contributed by atoms with Crippen LogP contribution in [0.1, 0.15) is 49.8 Å². The van der Waals surface area contributed by atoms with Crippen LogP contribution >= 0.6 is 11.5 Å². The van der Waals surface area contributed by atoms with Gasteiger partial charge in [-0.05, 0) is 58.9 Å². The number of carbonyl (C=O) groups excluding carboxylic acids is 3. The van der Waals surface area contributed by atoms with Crippen LogP contribution in [0.25, 0.3) is 10.9 Å². The van der Waals surface area contributed by atoms with Crippen molar-refractivity contribution in [1.82, 2.24) is 14.7 Å². The van der Waals surface area contributed by atoms with Crippen LogP contribution in [0.2, 0.25) is 0 Å². The van der Waals surface area contributed by atoms with Gasteiger partial charge in [0.25, 0.3) is 11.8 Å². The van der Waals surface area contributed by atoms with Crippen molar-refractivity contribution in [3.63, 3.8) is 0 Å². The maximum atomic E-state index is 14.4. The van der Waals surface area contributed by atoms with E-state index in [1.54, 1.807) is 18.3 Å². The molecule has 10 heteroatoms. The van der Waals surface area contributed by atoms with Crippen molar-refractivity contribution in [1.29, 1.82) is 0 Å². The van der Waals surface area contributed by atoms with E-state index in [0.29, 0.717) is 17.7 Å². The zero-order valence-corrected chi connectivity index (χ0v) is 23.1. The fraction of sp³-hybridized carbons (Fsp3) is 0.129. The molecule has 5 rings (SSSR count). The third-order valence-electron chi connectivity index (χ3n) is 6.77. The molecular formula is C31H28N6O3S. The highest BCUT2D eigenvalue weighted by Gasteiger charge is 2.37. The highest BCUT2D eigenvalue weighted by atomic mass is 32.1. The largest absolute Gasteiger partial charge is 0.395 e. The lowest BCUT2D eigenvalue weighted by molar-refractivity contribution is -0.122. The topological polar surface area (TPSA) is 144 Å². The first kappa shape index (κ1) is 27.5. The maximum Gasteiger partial charge on any atom is 0.273 e. The number of nitrogen functional groups attached to an aromatic ring is 1. The summed E-state index contributed by atoms with van der Waals surface area (Å²) >= 11 is 0.777. The van der Waals surface area contributed by atoms with Gasteiger partial charge in [0.1, 0.15) is 10.9 Å². The lowest BCUT2D eigenvalue weighted by Crippen LogP contribution is -2.44. The molecule has 0 aliphatic rings. The Kier molecular flexibility index (Phi) is 8.02. The number of hydrogen-bond acceptors (Lipinski definition) is 7. The van der Waals surface area contributed by atoms with E-state index < -0.39 is 23.8 Å². The molecule has 2 heterocycles. The molecule has 0 saturated carbocycles. The van der Waals surface area contributed by atoms with Gasteiger partial charge in [-0.15, -0.1) is 0 Å². The fourth-order valence-electron chi connectivity index (χ4n) is 4.71. The molecule has 1 unspecified atom stereocenters. The fourth-order valence-corrected chi connectivity index (χ4v) is 5.46. The van der Waals surface area contributed by atoms with Crippen molar-refractivity contribution >= 4 is 51.5 Å². The van der Waals surface area contributed by atoms with E-state index in [9.17, 15) is 14.4 Å². The molecule has 41 heavy (non-hydrogen) atoms. The first-order valence-corrected chi connectivity index (χ1v) is 13.8. The summed E-state index contributed by atoms with van der Waals surface area (Å²) in [5.74, 6) is -1.80. The van der Waals surface area contributed by atoms with Crippen molar-refractivity contribution < 1.29 is 14.4 Å². The number of amides is 3. The molecule has 0 fully saturated rings. The lowest BCUT2D eigenvalue weighted by Gasteiger charge is -2.33. The normalized spacial score (nSPS) is 11.6. The van der Waals surface area contributed by atoms with Crippen molar-refractivity contribution in [2.75, 3.05) is 10.6 Å². The monoisotopic (exact) mass is 564 g/mol. The number of benzene rings is 3. The standard InChI is InChI=1S/C31H28N6O3S/c1-2-20-11-6-7-13-24(20)37(31(40)28-25(32)26(29(33)38)36-41-28)27(30(39)35-18-19-9-4-3-5-10-19)22-14-15-23-21(17-22)12-8-16-34-23/h3-17,27H,2,18,32H2,1H3,(H2,33,38)(H,35,39). The summed E-state index contributed by atoms with van der Waals surface area (Å²) in [6, 6.07) is 25.0. The number of nitrogens with zero attached hydrogens (tertiary/aromatic N) is 3. The maximum absolute atomic E-state index is 14.4. The summed E-state index contributed by atoms with van der Waals surface area (Å²) < 4.78 is 4.03. The second-order valence-corrected chi connectivity index (χ2v) is 10.1. The smallest absolute Gasteiger partial charge is 0.273 e. The summed E-state index contributed by atoms with van der Waals surface area (Å²) in [6.45, 7) is 2.23. The summed E-state index contributed by atoms with van der Waals surface area (Å²) in [4.78, 5) is 46.3. The second-order valence-electron chi connectivity index (χ2n) is 9.36. The minimum absolute atomic E-state index is 0.0213. The number of nitrogens with two attached hydrogens (primary N) is 2. The summed E-state index contributed by atoms with van der Waals surface area (Å²) in [6.07, 6.45) is 2.30. The number of nitrogens with one attached hydrogen (secondary N) is 1. The van der Waals surface area contributed by atoms with Crippen LogP contribution in [-0.4, -0.2) is 27.1 Å². The number of fused-ring (bicyclic) bond motifs is 1. The van der Waals surface area contributed by atoms with E-state index in [0.717, 1.165) is 33.6 Å². The van der Waals surface area contributed by atoms with Crippen molar-refractivity contribution in [2.45, 2.75) is 25.9 Å². The van der Waals surface area contributed by atoms with Crippen molar-refractivity contribution in [3.05, 3.63) is 118 Å². The molecule has 0 aliphatic heterocycles. The van der Waals surface area contributed by atoms with Gasteiger partial charge in [0.2, 0.25) is 5.91 Å². The zero-order valence-electron chi connectivity index (χ0n) is 22.3. The average Bonchev–Trinajstić information content (AvgIpc) is 3.40. The van der Waals surface area contributed by atoms with Crippen LogP contribution in [0, 0.1) is 0 Å². The number of aryl methyl sites for hydroxylation is 1. The summed E-state index contributed by atoms with van der Waals surface area (Å²) in [5, 5.41) is 3.83. The van der Waals surface area contributed by atoms with Crippen molar-refractivity contribution in [2.24, 2.45) is 5.73 Å². The van der Waals surface area contributed by atoms with Crippen LogP contribution in [-0.2, 0) is 17.8 Å². The van der Waals surface area contributed by atoms with E-state index in [2.05, 4.69) is 14.7 Å². The highest BCUT2D eigenvalue weighted by Crippen LogP contribution is 2.36. The first-order valence-electron chi connectivity index (χ1n) is 13.0. The second kappa shape index (κ2) is 12.0. The predicted molar refractivity (Wildman–Crippen MR) is 160 cm³/mol. The van der Waals surface area contributed by atoms with Gasteiger partial charge in [-0.2, -0.15) is 4.37 Å². The number of rotatable bonds is 9. The molecule has 3 amide bonds. The van der Waals surface area contributed by atoms with Crippen LogP contribution in [0.15, 0.2) is 91.1 Å². The highest BCUT2D eigenvalue weighted by molar-refractivity contribution is 7.09. The van der Waals surface area contributed by atoms with E-state index >= 15 is 0 Å². The molecule has 5 aromatic rings. The summed E-state index contributed by atoms with van der Waals surface area (Å²) in [5.41, 5.74) is 15.0. The third kappa shape index (κ3) is 5.64. The van der Waals surface area contributed by atoms with E-state index in [1.165, 1.54) is 4.90 Å². The summed E-state index contributed by atoms with van der Waals surface area (Å²) in [7, 11) is 0. The van der Waals surface area contributed by atoms with Gasteiger partial charge in [-0.25, -0.2) is 0 Å². The van der Waals surface area contributed by atoms with Crippen LogP contribution in [0.5, 0.6) is 0 Å². The molecular weight excluding hydrogens is 536 g/mol. The van der Waals surface area contributed by atoms with Gasteiger partial charge in [0.15, 0.2) is 5.69 Å². The molecule has 0 radical (unpaired) electrons. The predicted octanol–water partition coefficient (Wildman–Crippen LogP) is 4.64. The minimum atomic E-state index is -1.10. The molecule has 5 N–H and O–H groups in total. The molecule has 0 saturated heterocycles. The average molecular weight is 565 g/mol.